The van der Waals surface area contributed by atoms with Gasteiger partial charge in [-0.3, -0.25) is 9.82 Å². The van der Waals surface area contributed by atoms with E-state index >= 15 is 0 Å². The van der Waals surface area contributed by atoms with Gasteiger partial charge in [0.05, 0.1) is 5.69 Å². The Morgan fingerprint density at radius 1 is 1.17 bits per heavy atom. The van der Waals surface area contributed by atoms with Crippen molar-refractivity contribution in [1.82, 2.24) is 10.2 Å². The lowest BCUT2D eigenvalue weighted by Crippen LogP contribution is -2.14. The van der Waals surface area contributed by atoms with Gasteiger partial charge >= 0.3 is 0 Å². The molecular formula is C16H16BrN3O2S2. The lowest BCUT2D eigenvalue weighted by molar-refractivity contribution is 0.601. The standard InChI is InChI=1S/C16H16BrN3O2S2/c1-9-7-14(19-18-9)15-10(2)23-11(3)16(15)24(21,22)20-13-6-4-5-12(17)8-13/h4-8,20H,1-3H3,(H,18,19). The molecule has 0 aliphatic rings. The van der Waals surface area contributed by atoms with E-state index in [1.807, 2.05) is 32.9 Å². The molecule has 0 amide bonds. The van der Waals surface area contributed by atoms with Crippen LogP contribution in [-0.4, -0.2) is 18.6 Å². The summed E-state index contributed by atoms with van der Waals surface area (Å²) < 4.78 is 29.4. The first kappa shape index (κ1) is 17.2. The van der Waals surface area contributed by atoms with Crippen molar-refractivity contribution in [1.29, 1.82) is 0 Å². The molecule has 2 aromatic heterocycles. The van der Waals surface area contributed by atoms with Crippen molar-refractivity contribution in [3.05, 3.63) is 50.3 Å². The van der Waals surface area contributed by atoms with Gasteiger partial charge in [-0.1, -0.05) is 22.0 Å². The Morgan fingerprint density at radius 3 is 2.54 bits per heavy atom. The zero-order valence-electron chi connectivity index (χ0n) is 13.3. The van der Waals surface area contributed by atoms with E-state index in [4.69, 9.17) is 0 Å². The molecule has 0 saturated carbocycles. The molecule has 0 radical (unpaired) electrons. The molecule has 3 aromatic rings. The molecule has 8 heteroatoms. The molecule has 2 N–H and O–H groups in total. The number of aryl methyl sites for hydroxylation is 3. The molecule has 1 aromatic carbocycles. The average Bonchev–Trinajstić information content (AvgIpc) is 3.01. The van der Waals surface area contributed by atoms with Crippen LogP contribution in [-0.2, 0) is 10.0 Å². The summed E-state index contributed by atoms with van der Waals surface area (Å²) in [6, 6.07) is 8.92. The van der Waals surface area contributed by atoms with E-state index in [1.165, 1.54) is 11.3 Å². The fourth-order valence-electron chi connectivity index (χ4n) is 2.59. The van der Waals surface area contributed by atoms with Crippen molar-refractivity contribution in [2.45, 2.75) is 25.7 Å². The topological polar surface area (TPSA) is 74.8 Å². The van der Waals surface area contributed by atoms with Crippen LogP contribution in [0, 0.1) is 20.8 Å². The van der Waals surface area contributed by atoms with Crippen molar-refractivity contribution in [2.24, 2.45) is 0 Å². The van der Waals surface area contributed by atoms with Gasteiger partial charge < -0.3 is 0 Å². The summed E-state index contributed by atoms with van der Waals surface area (Å²) in [5, 5.41) is 7.11. The number of aromatic amines is 1. The molecule has 0 unspecified atom stereocenters. The van der Waals surface area contributed by atoms with Gasteiger partial charge in [0.2, 0.25) is 0 Å². The van der Waals surface area contributed by atoms with Crippen LogP contribution < -0.4 is 4.72 Å². The highest BCUT2D eigenvalue weighted by Gasteiger charge is 2.27. The maximum absolute atomic E-state index is 13.0. The lowest BCUT2D eigenvalue weighted by Gasteiger charge is -2.10. The van der Waals surface area contributed by atoms with E-state index in [1.54, 1.807) is 18.2 Å². The van der Waals surface area contributed by atoms with Gasteiger partial charge in [-0.15, -0.1) is 11.3 Å². The van der Waals surface area contributed by atoms with Crippen LogP contribution >= 0.6 is 27.3 Å². The van der Waals surface area contributed by atoms with Crippen LogP contribution in [0.2, 0.25) is 0 Å². The molecule has 0 saturated heterocycles. The van der Waals surface area contributed by atoms with Crippen LogP contribution in [0.15, 0.2) is 39.7 Å². The number of aromatic nitrogens is 2. The molecule has 5 nitrogen and oxygen atoms in total. The highest BCUT2D eigenvalue weighted by molar-refractivity contribution is 9.10. The number of thiophene rings is 1. The summed E-state index contributed by atoms with van der Waals surface area (Å²) in [6.07, 6.45) is 0. The van der Waals surface area contributed by atoms with Crippen LogP contribution in [0.3, 0.4) is 0 Å². The third kappa shape index (κ3) is 3.26. The summed E-state index contributed by atoms with van der Waals surface area (Å²) in [5.74, 6) is 0. The zero-order chi connectivity index (χ0) is 17.5. The fourth-order valence-corrected chi connectivity index (χ4v) is 5.91. The Hall–Kier alpha value is -1.64. The van der Waals surface area contributed by atoms with Gasteiger partial charge in [0.1, 0.15) is 4.90 Å². The van der Waals surface area contributed by atoms with E-state index in [9.17, 15) is 8.42 Å². The van der Waals surface area contributed by atoms with Gasteiger partial charge in [-0.2, -0.15) is 5.10 Å². The third-order valence-electron chi connectivity index (χ3n) is 3.51. The van der Waals surface area contributed by atoms with E-state index in [2.05, 4.69) is 30.8 Å². The molecule has 0 aliphatic heterocycles. The lowest BCUT2D eigenvalue weighted by atomic mass is 10.2. The second-order valence-electron chi connectivity index (χ2n) is 5.47. The monoisotopic (exact) mass is 425 g/mol. The number of nitrogens with zero attached hydrogens (tertiary/aromatic N) is 1. The third-order valence-corrected chi connectivity index (χ3v) is 6.71. The average molecular weight is 426 g/mol. The van der Waals surface area contributed by atoms with Gasteiger partial charge in [0, 0.05) is 31.2 Å². The summed E-state index contributed by atoms with van der Waals surface area (Å²) in [7, 11) is -3.72. The number of nitrogens with one attached hydrogen (secondary N) is 2. The van der Waals surface area contributed by atoms with Gasteiger partial charge in [-0.25, -0.2) is 8.42 Å². The van der Waals surface area contributed by atoms with Crippen LogP contribution in [0.1, 0.15) is 15.4 Å². The summed E-state index contributed by atoms with van der Waals surface area (Å²) in [6.45, 7) is 5.62. The predicted octanol–water partition coefficient (Wildman–Crippen LogP) is 4.63. The van der Waals surface area contributed by atoms with E-state index in [0.717, 1.165) is 19.9 Å². The second kappa shape index (κ2) is 6.34. The first-order valence-corrected chi connectivity index (χ1v) is 10.3. The largest absolute Gasteiger partial charge is 0.282 e. The molecule has 24 heavy (non-hydrogen) atoms. The van der Waals surface area contributed by atoms with Crippen molar-refractivity contribution in [3.8, 4) is 11.3 Å². The minimum Gasteiger partial charge on any atom is -0.282 e. The predicted molar refractivity (Wildman–Crippen MR) is 101 cm³/mol. The highest BCUT2D eigenvalue weighted by atomic mass is 79.9. The van der Waals surface area contributed by atoms with Crippen LogP contribution in [0.25, 0.3) is 11.3 Å². The van der Waals surface area contributed by atoms with E-state index in [-0.39, 0.29) is 4.90 Å². The molecule has 126 valence electrons. The van der Waals surface area contributed by atoms with Gasteiger partial charge in [0.25, 0.3) is 10.0 Å². The molecule has 2 heterocycles. The van der Waals surface area contributed by atoms with Crippen molar-refractivity contribution in [3.63, 3.8) is 0 Å². The Bertz CT molecular complexity index is 1010. The maximum atomic E-state index is 13.0. The molecule has 0 fully saturated rings. The van der Waals surface area contributed by atoms with Crippen molar-refractivity contribution < 1.29 is 8.42 Å². The fraction of sp³-hybridized carbons (Fsp3) is 0.188. The second-order valence-corrected chi connectivity index (χ2v) is 9.43. The van der Waals surface area contributed by atoms with E-state index in [0.29, 0.717) is 16.9 Å². The van der Waals surface area contributed by atoms with Gasteiger partial charge in [-0.05, 0) is 45.0 Å². The SMILES string of the molecule is Cc1cc(-c2c(C)sc(C)c2S(=O)(=O)Nc2cccc(Br)c2)n[nH]1. The number of benzene rings is 1. The molecule has 0 atom stereocenters. The Balaban J connectivity index is 2.11. The Labute approximate surface area is 153 Å². The van der Waals surface area contributed by atoms with Crippen LogP contribution in [0.4, 0.5) is 5.69 Å². The number of H-pyrrole nitrogens is 1. The summed E-state index contributed by atoms with van der Waals surface area (Å²) >= 11 is 4.81. The maximum Gasteiger partial charge on any atom is 0.263 e. The highest BCUT2D eigenvalue weighted by Crippen LogP contribution is 2.39. The number of hydrogen-bond acceptors (Lipinski definition) is 4. The van der Waals surface area contributed by atoms with Gasteiger partial charge in [0.15, 0.2) is 0 Å². The molecule has 0 aliphatic carbocycles. The minimum absolute atomic E-state index is 0.288. The smallest absolute Gasteiger partial charge is 0.263 e. The normalized spacial score (nSPS) is 11.7. The zero-order valence-corrected chi connectivity index (χ0v) is 16.6. The van der Waals surface area contributed by atoms with Crippen molar-refractivity contribution in [2.75, 3.05) is 4.72 Å². The number of rotatable bonds is 4. The summed E-state index contributed by atoms with van der Waals surface area (Å²) in [4.78, 5) is 1.95. The number of anilines is 1. The Kier molecular flexibility index (Phi) is 4.54. The van der Waals surface area contributed by atoms with Crippen molar-refractivity contribution >= 4 is 43.0 Å². The molecule has 0 bridgehead atoms. The first-order valence-electron chi connectivity index (χ1n) is 7.18. The molecule has 0 spiro atoms. The first-order chi connectivity index (χ1) is 11.3. The van der Waals surface area contributed by atoms with Crippen LogP contribution in [0.5, 0.6) is 0 Å². The summed E-state index contributed by atoms with van der Waals surface area (Å²) in [5.41, 5.74) is 2.70. The minimum atomic E-state index is -3.72. The number of sulfonamides is 1. The molecule has 3 rings (SSSR count). The Morgan fingerprint density at radius 2 is 1.92 bits per heavy atom. The number of hydrogen-bond donors (Lipinski definition) is 2. The quantitative estimate of drug-likeness (QED) is 0.639. The molecular weight excluding hydrogens is 410 g/mol. The van der Waals surface area contributed by atoms with E-state index < -0.39 is 10.0 Å². The number of halogens is 1.